The third-order valence-corrected chi connectivity index (χ3v) is 6.28. The highest BCUT2D eigenvalue weighted by Gasteiger charge is 2.18. The molecule has 33 heavy (non-hydrogen) atoms. The molecule has 2 amide bonds. The molecule has 0 spiro atoms. The van der Waals surface area contributed by atoms with Gasteiger partial charge in [-0.05, 0) is 24.1 Å². The molecule has 0 bridgehead atoms. The summed E-state index contributed by atoms with van der Waals surface area (Å²) < 4.78 is 1.84. The van der Waals surface area contributed by atoms with E-state index in [0.29, 0.717) is 29.3 Å². The number of thiazole rings is 1. The van der Waals surface area contributed by atoms with Crippen molar-refractivity contribution in [2.45, 2.75) is 32.7 Å². The van der Waals surface area contributed by atoms with Crippen molar-refractivity contribution in [2.75, 3.05) is 10.6 Å². The first-order valence-electron chi connectivity index (χ1n) is 10.7. The standard InChI is InChI=1S/C25H25N5O2S/c1-17(2)23-22(18-7-4-3-5-8-18)28-25(33-23)29-24(32)19-9-6-10-20(15-19)27-21(31)11-13-30-14-12-26-16-30/h3-10,12,14-17H,11,13H2,1-2H3,(H,27,31)(H,28,29,32). The molecule has 0 unspecified atom stereocenters. The number of aryl methyl sites for hydroxylation is 1. The van der Waals surface area contributed by atoms with Crippen molar-refractivity contribution >= 4 is 34.0 Å². The first kappa shape index (κ1) is 22.4. The fraction of sp³-hybridized carbons (Fsp3) is 0.200. The van der Waals surface area contributed by atoms with E-state index in [1.54, 1.807) is 36.8 Å². The van der Waals surface area contributed by atoms with E-state index in [1.165, 1.54) is 11.3 Å². The average Bonchev–Trinajstić information content (AvgIpc) is 3.49. The van der Waals surface area contributed by atoms with E-state index in [9.17, 15) is 9.59 Å². The van der Waals surface area contributed by atoms with Crippen LogP contribution in [-0.4, -0.2) is 26.3 Å². The van der Waals surface area contributed by atoms with Gasteiger partial charge in [0.2, 0.25) is 5.91 Å². The van der Waals surface area contributed by atoms with Gasteiger partial charge in [-0.1, -0.05) is 50.2 Å². The fourth-order valence-electron chi connectivity index (χ4n) is 3.36. The molecule has 0 fully saturated rings. The van der Waals surface area contributed by atoms with Gasteiger partial charge in [-0.3, -0.25) is 14.9 Å². The number of hydrogen-bond donors (Lipinski definition) is 2. The Morgan fingerprint density at radius 2 is 1.88 bits per heavy atom. The number of nitrogens with one attached hydrogen (secondary N) is 2. The van der Waals surface area contributed by atoms with Crippen LogP contribution in [0.15, 0.2) is 73.3 Å². The molecular formula is C25H25N5O2S. The summed E-state index contributed by atoms with van der Waals surface area (Å²) in [6.45, 7) is 4.77. The molecule has 8 heteroatoms. The highest BCUT2D eigenvalue weighted by molar-refractivity contribution is 7.16. The minimum Gasteiger partial charge on any atom is -0.337 e. The van der Waals surface area contributed by atoms with E-state index in [4.69, 9.17) is 4.98 Å². The van der Waals surface area contributed by atoms with E-state index >= 15 is 0 Å². The molecule has 4 rings (SSSR count). The smallest absolute Gasteiger partial charge is 0.257 e. The number of carbonyl (C=O) groups is 2. The Balaban J connectivity index is 1.44. The first-order valence-corrected chi connectivity index (χ1v) is 11.5. The number of anilines is 2. The van der Waals surface area contributed by atoms with Crippen LogP contribution in [0.2, 0.25) is 0 Å². The van der Waals surface area contributed by atoms with E-state index < -0.39 is 0 Å². The number of nitrogens with zero attached hydrogens (tertiary/aromatic N) is 3. The quantitative estimate of drug-likeness (QED) is 0.369. The van der Waals surface area contributed by atoms with Crippen LogP contribution in [0.25, 0.3) is 11.3 Å². The SMILES string of the molecule is CC(C)c1sc(NC(=O)c2cccc(NC(=O)CCn3ccnc3)c2)nc1-c1ccccc1. The molecule has 2 N–H and O–H groups in total. The van der Waals surface area contributed by atoms with Gasteiger partial charge in [-0.2, -0.15) is 0 Å². The first-order chi connectivity index (χ1) is 16.0. The van der Waals surface area contributed by atoms with Gasteiger partial charge in [0.15, 0.2) is 5.13 Å². The fourth-order valence-corrected chi connectivity index (χ4v) is 4.34. The minimum atomic E-state index is -0.270. The van der Waals surface area contributed by atoms with Crippen LogP contribution in [0, 0.1) is 0 Å². The monoisotopic (exact) mass is 459 g/mol. The second-order valence-electron chi connectivity index (χ2n) is 7.89. The molecule has 4 aromatic rings. The molecule has 0 aliphatic rings. The highest BCUT2D eigenvalue weighted by atomic mass is 32.1. The minimum absolute atomic E-state index is 0.129. The molecule has 2 heterocycles. The maximum Gasteiger partial charge on any atom is 0.257 e. The highest BCUT2D eigenvalue weighted by Crippen LogP contribution is 2.36. The van der Waals surface area contributed by atoms with E-state index in [0.717, 1.165) is 16.1 Å². The Bertz CT molecular complexity index is 1230. The van der Waals surface area contributed by atoms with Crippen LogP contribution >= 0.6 is 11.3 Å². The maximum absolute atomic E-state index is 12.9. The number of hydrogen-bond acceptors (Lipinski definition) is 5. The number of carbonyl (C=O) groups excluding carboxylic acids is 2. The van der Waals surface area contributed by atoms with Crippen molar-refractivity contribution in [3.63, 3.8) is 0 Å². The van der Waals surface area contributed by atoms with E-state index in [2.05, 4.69) is 29.5 Å². The van der Waals surface area contributed by atoms with Gasteiger partial charge in [0.05, 0.1) is 12.0 Å². The largest absolute Gasteiger partial charge is 0.337 e. The van der Waals surface area contributed by atoms with Gasteiger partial charge in [-0.15, -0.1) is 11.3 Å². The molecule has 0 aliphatic heterocycles. The Morgan fingerprint density at radius 1 is 1.06 bits per heavy atom. The predicted molar refractivity (Wildman–Crippen MR) is 132 cm³/mol. The zero-order chi connectivity index (χ0) is 23.2. The summed E-state index contributed by atoms with van der Waals surface area (Å²) in [4.78, 5) is 34.9. The number of aromatic nitrogens is 3. The summed E-state index contributed by atoms with van der Waals surface area (Å²) >= 11 is 1.49. The zero-order valence-corrected chi connectivity index (χ0v) is 19.3. The third kappa shape index (κ3) is 5.72. The van der Waals surface area contributed by atoms with Crippen LogP contribution < -0.4 is 10.6 Å². The summed E-state index contributed by atoms with van der Waals surface area (Å²) in [6, 6.07) is 16.9. The molecule has 0 saturated heterocycles. The maximum atomic E-state index is 12.9. The molecule has 2 aromatic carbocycles. The summed E-state index contributed by atoms with van der Waals surface area (Å²) in [6.07, 6.45) is 5.47. The lowest BCUT2D eigenvalue weighted by Gasteiger charge is -2.08. The van der Waals surface area contributed by atoms with Crippen molar-refractivity contribution in [3.8, 4) is 11.3 Å². The van der Waals surface area contributed by atoms with Crippen LogP contribution in [0.1, 0.15) is 41.4 Å². The second-order valence-corrected chi connectivity index (χ2v) is 8.92. The molecule has 0 saturated carbocycles. The van der Waals surface area contributed by atoms with Crippen LogP contribution in [0.4, 0.5) is 10.8 Å². The molecule has 7 nitrogen and oxygen atoms in total. The molecule has 0 radical (unpaired) electrons. The number of amides is 2. The number of rotatable bonds is 8. The lowest BCUT2D eigenvalue weighted by molar-refractivity contribution is -0.116. The Morgan fingerprint density at radius 3 is 2.61 bits per heavy atom. The van der Waals surface area contributed by atoms with Crippen molar-refractivity contribution in [1.29, 1.82) is 0 Å². The van der Waals surface area contributed by atoms with Gasteiger partial charge in [-0.25, -0.2) is 9.97 Å². The van der Waals surface area contributed by atoms with Crippen molar-refractivity contribution < 1.29 is 9.59 Å². The summed E-state index contributed by atoms with van der Waals surface area (Å²) in [5.41, 5.74) is 2.94. The Labute approximate surface area is 196 Å². The van der Waals surface area contributed by atoms with Gasteiger partial charge in [0, 0.05) is 47.1 Å². The van der Waals surface area contributed by atoms with Gasteiger partial charge >= 0.3 is 0 Å². The van der Waals surface area contributed by atoms with Crippen LogP contribution in [0.5, 0.6) is 0 Å². The molecule has 0 atom stereocenters. The molecule has 2 aromatic heterocycles. The summed E-state index contributed by atoms with van der Waals surface area (Å²) in [7, 11) is 0. The van der Waals surface area contributed by atoms with Gasteiger partial charge in [0.25, 0.3) is 5.91 Å². The number of imidazole rings is 1. The molecular weight excluding hydrogens is 434 g/mol. The van der Waals surface area contributed by atoms with Gasteiger partial charge < -0.3 is 9.88 Å². The number of benzene rings is 2. The lowest BCUT2D eigenvalue weighted by atomic mass is 10.1. The van der Waals surface area contributed by atoms with E-state index in [-0.39, 0.29) is 17.7 Å². The summed E-state index contributed by atoms with van der Waals surface area (Å²) in [5.74, 6) is -0.118. The Kier molecular flexibility index (Phi) is 6.95. The average molecular weight is 460 g/mol. The Hall–Kier alpha value is -3.78. The topological polar surface area (TPSA) is 88.9 Å². The van der Waals surface area contributed by atoms with Crippen molar-refractivity contribution in [2.24, 2.45) is 0 Å². The third-order valence-electron chi connectivity index (χ3n) is 5.01. The molecule has 168 valence electrons. The van der Waals surface area contributed by atoms with Gasteiger partial charge in [0.1, 0.15) is 0 Å². The normalized spacial score (nSPS) is 10.9. The predicted octanol–water partition coefficient (Wildman–Crippen LogP) is 5.41. The van der Waals surface area contributed by atoms with Crippen LogP contribution in [-0.2, 0) is 11.3 Å². The van der Waals surface area contributed by atoms with Crippen molar-refractivity contribution in [1.82, 2.24) is 14.5 Å². The second kappa shape index (κ2) is 10.2. The van der Waals surface area contributed by atoms with Crippen molar-refractivity contribution in [3.05, 3.63) is 83.8 Å². The van der Waals surface area contributed by atoms with Crippen LogP contribution in [0.3, 0.4) is 0 Å². The molecule has 0 aliphatic carbocycles. The van der Waals surface area contributed by atoms with E-state index in [1.807, 2.05) is 41.1 Å². The zero-order valence-electron chi connectivity index (χ0n) is 18.5. The summed E-state index contributed by atoms with van der Waals surface area (Å²) in [5, 5.41) is 6.31. The lowest BCUT2D eigenvalue weighted by Crippen LogP contribution is -2.15.